The third kappa shape index (κ3) is 14.1. The molecule has 0 N–H and O–H groups in total. The summed E-state index contributed by atoms with van der Waals surface area (Å²) in [4.78, 5) is 27.1. The van der Waals surface area contributed by atoms with E-state index in [2.05, 4.69) is 420 Å². The number of rotatable bonds is 11. The average molecular weight is 1570 g/mol. The molecular formula is C115H89N7. The van der Waals surface area contributed by atoms with Crippen LogP contribution in [-0.2, 0) is 16.2 Å². The lowest BCUT2D eigenvalue weighted by molar-refractivity contribution is 0.632. The Balaban J connectivity index is 0.000000117. The highest BCUT2D eigenvalue weighted by Gasteiger charge is 2.41. The number of pyridine rings is 1. The van der Waals surface area contributed by atoms with Crippen molar-refractivity contribution in [1.29, 1.82) is 0 Å². The maximum absolute atomic E-state index is 5.00. The van der Waals surface area contributed by atoms with E-state index >= 15 is 0 Å². The maximum Gasteiger partial charge on any atom is 0.164 e. The molecule has 0 fully saturated rings. The average Bonchev–Trinajstić information content (AvgIpc) is 0.730. The van der Waals surface area contributed by atoms with Crippen LogP contribution in [0.4, 0.5) is 51.2 Å². The summed E-state index contributed by atoms with van der Waals surface area (Å²) in [5.74, 6) is 1.94. The maximum atomic E-state index is 5.00. The molecule has 3 aliphatic heterocycles. The smallest absolute Gasteiger partial charge is 0.164 e. The third-order valence-electron chi connectivity index (χ3n) is 24.8. The first-order valence-corrected chi connectivity index (χ1v) is 42.1. The summed E-state index contributed by atoms with van der Waals surface area (Å²) in [6, 6.07) is 153. The van der Waals surface area contributed by atoms with E-state index in [0.29, 0.717) is 17.5 Å². The van der Waals surface area contributed by atoms with Gasteiger partial charge < -0.3 is 14.7 Å². The van der Waals surface area contributed by atoms with Crippen LogP contribution in [-0.4, -0.2) is 19.9 Å². The molecule has 22 rings (SSSR count). The van der Waals surface area contributed by atoms with Crippen molar-refractivity contribution < 1.29 is 0 Å². The first-order valence-electron chi connectivity index (χ1n) is 42.1. The minimum Gasteiger partial charge on any atom is -0.310 e. The molecule has 0 amide bonds. The molecule has 122 heavy (non-hydrogen) atoms. The lowest BCUT2D eigenvalue weighted by atomic mass is 9.73. The second-order valence-corrected chi connectivity index (χ2v) is 33.4. The largest absolute Gasteiger partial charge is 0.310 e. The fourth-order valence-electron chi connectivity index (χ4n) is 18.3. The van der Waals surface area contributed by atoms with Gasteiger partial charge in [-0.3, -0.25) is 0 Å². The number of benzene rings is 17. The van der Waals surface area contributed by atoms with Crippen LogP contribution in [0.3, 0.4) is 0 Å². The third-order valence-corrected chi connectivity index (χ3v) is 24.8. The van der Waals surface area contributed by atoms with Crippen LogP contribution in [0.25, 0.3) is 112 Å². The van der Waals surface area contributed by atoms with Gasteiger partial charge in [-0.1, -0.05) is 369 Å². The van der Waals surface area contributed by atoms with Gasteiger partial charge in [0.15, 0.2) is 17.5 Å². The van der Waals surface area contributed by atoms with Crippen LogP contribution in [0, 0.1) is 0 Å². The number of hydrogen-bond donors (Lipinski definition) is 0. The molecule has 19 aromatic rings. The highest BCUT2D eigenvalue weighted by Crippen LogP contribution is 2.57. The summed E-state index contributed by atoms with van der Waals surface area (Å²) >= 11 is 0. The zero-order valence-corrected chi connectivity index (χ0v) is 69.1. The Labute approximate surface area is 714 Å². The van der Waals surface area contributed by atoms with Gasteiger partial charge in [0.1, 0.15) is 0 Å². The van der Waals surface area contributed by atoms with E-state index in [1.54, 1.807) is 0 Å². The Morgan fingerprint density at radius 1 is 0.172 bits per heavy atom. The highest BCUT2D eigenvalue weighted by molar-refractivity contribution is 5.95. The number of para-hydroxylation sites is 4. The first-order chi connectivity index (χ1) is 59.7. The standard InChI is InChI=1S/C42H32N4.C37H29N.C36H28N2/c1-42(2)35-23-12-13-24-37(35)46(38-26-25-32(28-36(38)42)29-15-6-3-7-16-29)34-22-14-21-33(27-34)41-44-39(30-17-8-4-9-18-30)43-40(45-41)31-19-10-5-11-20-31;1-37(2)33-14-8-9-15-35(33)38(32-22-20-27-12-6-7-13-30(27)24-32)36-23-21-31(25-34(36)37)29-18-16-28(17-19-29)26-10-4-3-5-11-26;1-36(2)30-16-7-9-18-34(30)38(35-22-20-27(24-31(35)36)25-11-4-3-5-12-25)29-15-10-14-28(23-29)33-21-19-26-13-6-8-17-32(26)37-33/h3-28H,1-2H3;3-25H,1-2H3;3-24H,1-2H3. The molecular weight excluding hydrogens is 1480 g/mol. The fraction of sp³-hybridized carbons (Fsp3) is 0.0783. The van der Waals surface area contributed by atoms with Gasteiger partial charge in [-0.05, 0) is 192 Å². The van der Waals surface area contributed by atoms with E-state index in [4.69, 9.17) is 19.9 Å². The quantitative estimate of drug-likeness (QED) is 0.128. The van der Waals surface area contributed by atoms with Gasteiger partial charge in [-0.15, -0.1) is 0 Å². The van der Waals surface area contributed by atoms with Gasteiger partial charge in [-0.2, -0.15) is 0 Å². The van der Waals surface area contributed by atoms with E-state index < -0.39 is 0 Å². The fourth-order valence-corrected chi connectivity index (χ4v) is 18.3. The van der Waals surface area contributed by atoms with Gasteiger partial charge in [-0.25, -0.2) is 19.9 Å². The van der Waals surface area contributed by atoms with Crippen molar-refractivity contribution >= 4 is 72.9 Å². The topological polar surface area (TPSA) is 61.3 Å². The van der Waals surface area contributed by atoms with Crippen molar-refractivity contribution in [3.05, 3.63) is 464 Å². The lowest BCUT2D eigenvalue weighted by Crippen LogP contribution is -2.30. The summed E-state index contributed by atoms with van der Waals surface area (Å²) in [6.07, 6.45) is 0. The molecule has 3 aliphatic rings. The molecule has 584 valence electrons. The number of aromatic nitrogens is 4. The van der Waals surface area contributed by atoms with Crippen molar-refractivity contribution in [1.82, 2.24) is 19.9 Å². The number of hydrogen-bond acceptors (Lipinski definition) is 7. The molecule has 7 nitrogen and oxygen atoms in total. The molecule has 0 atom stereocenters. The van der Waals surface area contributed by atoms with Crippen LogP contribution in [0.15, 0.2) is 431 Å². The zero-order chi connectivity index (χ0) is 82.5. The molecule has 17 aromatic carbocycles. The van der Waals surface area contributed by atoms with Crippen LogP contribution in [0.5, 0.6) is 0 Å². The summed E-state index contributed by atoms with van der Waals surface area (Å²) in [6.45, 7) is 14.0. The summed E-state index contributed by atoms with van der Waals surface area (Å²) in [5, 5.41) is 3.67. The predicted octanol–water partition coefficient (Wildman–Crippen LogP) is 30.6. The Morgan fingerprint density at radius 2 is 0.467 bits per heavy atom. The molecule has 0 unspecified atom stereocenters. The summed E-state index contributed by atoms with van der Waals surface area (Å²) in [5.41, 5.74) is 33.9. The zero-order valence-electron chi connectivity index (χ0n) is 69.1. The van der Waals surface area contributed by atoms with Gasteiger partial charge >= 0.3 is 0 Å². The molecule has 0 radical (unpaired) electrons. The molecule has 7 heteroatoms. The SMILES string of the molecule is CC1(C)c2ccccc2N(c2ccc3ccccc3c2)c2ccc(-c3ccc(-c4ccccc4)cc3)cc21.CC1(C)c2ccccc2N(c2cccc(-c3ccc4ccccc4n3)c2)c2ccc(-c3ccccc3)cc21.CC1(C)c2ccccc2N(c2cccc(-c3nc(-c4ccccc4)nc(-c4ccccc4)n3)c2)c2ccc(-c3ccccc3)cc21. The molecule has 0 saturated carbocycles. The summed E-state index contributed by atoms with van der Waals surface area (Å²) < 4.78 is 0. The number of anilines is 9. The Hall–Kier alpha value is -15.2. The van der Waals surface area contributed by atoms with Crippen molar-refractivity contribution in [2.24, 2.45) is 0 Å². The number of nitrogens with zero attached hydrogens (tertiary/aromatic N) is 7. The first kappa shape index (κ1) is 75.6. The van der Waals surface area contributed by atoms with Crippen LogP contribution >= 0.6 is 0 Å². The van der Waals surface area contributed by atoms with Gasteiger partial charge in [0.25, 0.3) is 0 Å². The minimum atomic E-state index is -0.186. The van der Waals surface area contributed by atoms with E-state index in [1.807, 2.05) is 66.7 Å². The Kier molecular flexibility index (Phi) is 19.6. The van der Waals surface area contributed by atoms with Crippen LogP contribution in [0.1, 0.15) is 74.9 Å². The van der Waals surface area contributed by atoms with Gasteiger partial charge in [0.05, 0.1) is 45.3 Å². The van der Waals surface area contributed by atoms with E-state index in [9.17, 15) is 0 Å². The van der Waals surface area contributed by atoms with E-state index in [-0.39, 0.29) is 16.2 Å². The lowest BCUT2D eigenvalue weighted by Gasteiger charge is -2.42. The van der Waals surface area contributed by atoms with Crippen molar-refractivity contribution in [2.75, 3.05) is 14.7 Å². The van der Waals surface area contributed by atoms with Crippen LogP contribution < -0.4 is 14.7 Å². The molecule has 5 heterocycles. The molecule has 2 aromatic heterocycles. The number of fused-ring (bicyclic) bond motifs is 8. The van der Waals surface area contributed by atoms with Crippen molar-refractivity contribution in [3.63, 3.8) is 0 Å². The highest BCUT2D eigenvalue weighted by atomic mass is 15.2. The van der Waals surface area contributed by atoms with Crippen molar-refractivity contribution in [2.45, 2.75) is 57.8 Å². The summed E-state index contributed by atoms with van der Waals surface area (Å²) in [7, 11) is 0. The van der Waals surface area contributed by atoms with E-state index in [1.165, 1.54) is 128 Å². The van der Waals surface area contributed by atoms with Gasteiger partial charge in [0, 0.05) is 60.9 Å². The molecule has 0 spiro atoms. The van der Waals surface area contributed by atoms with Crippen LogP contribution in [0.2, 0.25) is 0 Å². The van der Waals surface area contributed by atoms with Gasteiger partial charge in [0.2, 0.25) is 0 Å². The monoisotopic (exact) mass is 1570 g/mol. The van der Waals surface area contributed by atoms with Crippen molar-refractivity contribution in [3.8, 4) is 89.9 Å². The Morgan fingerprint density at radius 3 is 0.910 bits per heavy atom. The minimum absolute atomic E-state index is 0.126. The predicted molar refractivity (Wildman–Crippen MR) is 509 cm³/mol. The molecule has 0 saturated heterocycles. The van der Waals surface area contributed by atoms with E-state index in [0.717, 1.165) is 50.2 Å². The normalized spacial score (nSPS) is 13.5. The molecule has 0 aliphatic carbocycles. The second kappa shape index (κ2) is 31.6. The Bertz CT molecular complexity index is 7050. The second-order valence-electron chi connectivity index (χ2n) is 33.4. The molecule has 0 bridgehead atoms.